The van der Waals surface area contributed by atoms with Gasteiger partial charge in [0.2, 0.25) is 0 Å². The maximum Gasteiger partial charge on any atom is 0.269 e. The predicted octanol–water partition coefficient (Wildman–Crippen LogP) is 2.39. The number of ether oxygens (including phenoxy) is 2. The summed E-state index contributed by atoms with van der Waals surface area (Å²) >= 11 is 0. The van der Waals surface area contributed by atoms with E-state index < -0.39 is 0 Å². The maximum atomic E-state index is 12.4. The summed E-state index contributed by atoms with van der Waals surface area (Å²) in [6.45, 7) is 5.18. The number of phenols is 1. The molecule has 168 valence electrons. The first kappa shape index (κ1) is 21.6. The van der Waals surface area contributed by atoms with Gasteiger partial charge in [-0.1, -0.05) is 6.07 Å². The lowest BCUT2D eigenvalue weighted by atomic mass is 9.88. The van der Waals surface area contributed by atoms with Crippen LogP contribution in [0.3, 0.4) is 0 Å². The SMILES string of the molecule is COc1cc(CN2CCC3(CCC(CNC(=O)c4cc(C)nn4C)O3)CC2)ccc1O. The van der Waals surface area contributed by atoms with E-state index in [1.54, 1.807) is 31.0 Å². The third-order valence-corrected chi connectivity index (χ3v) is 6.48. The van der Waals surface area contributed by atoms with Crippen molar-refractivity contribution in [2.24, 2.45) is 7.05 Å². The number of carbonyl (C=O) groups excluding carboxylic acids is 1. The quantitative estimate of drug-likeness (QED) is 0.735. The number of aryl methyl sites for hydroxylation is 2. The van der Waals surface area contributed by atoms with E-state index in [-0.39, 0.29) is 23.4 Å². The van der Waals surface area contributed by atoms with Gasteiger partial charge < -0.3 is 19.9 Å². The number of amides is 1. The summed E-state index contributed by atoms with van der Waals surface area (Å²) in [5, 5.41) is 17.0. The third kappa shape index (κ3) is 4.85. The zero-order chi connectivity index (χ0) is 22.0. The molecule has 1 unspecified atom stereocenters. The van der Waals surface area contributed by atoms with Crippen molar-refractivity contribution in [3.63, 3.8) is 0 Å². The average Bonchev–Trinajstić information content (AvgIpc) is 3.31. The Kier molecular flexibility index (Phi) is 6.20. The van der Waals surface area contributed by atoms with E-state index in [0.717, 1.165) is 56.6 Å². The van der Waals surface area contributed by atoms with Gasteiger partial charge in [-0.05, 0) is 56.4 Å². The third-order valence-electron chi connectivity index (χ3n) is 6.48. The number of nitrogens with zero attached hydrogens (tertiary/aromatic N) is 3. The highest BCUT2D eigenvalue weighted by atomic mass is 16.5. The van der Waals surface area contributed by atoms with Gasteiger partial charge in [0.25, 0.3) is 5.91 Å². The first-order chi connectivity index (χ1) is 14.9. The van der Waals surface area contributed by atoms with E-state index >= 15 is 0 Å². The van der Waals surface area contributed by atoms with Crippen molar-refractivity contribution in [2.75, 3.05) is 26.7 Å². The highest BCUT2D eigenvalue weighted by Gasteiger charge is 2.42. The Morgan fingerprint density at radius 2 is 2.10 bits per heavy atom. The van der Waals surface area contributed by atoms with E-state index in [0.29, 0.717) is 18.0 Å². The molecule has 0 bridgehead atoms. The van der Waals surface area contributed by atoms with Crippen molar-refractivity contribution in [3.05, 3.63) is 41.2 Å². The number of methoxy groups -OCH3 is 1. The fourth-order valence-electron chi connectivity index (χ4n) is 4.72. The molecule has 2 aliphatic rings. The average molecular weight is 429 g/mol. The van der Waals surface area contributed by atoms with Crippen molar-refractivity contribution in [1.29, 1.82) is 0 Å². The molecule has 1 spiro atoms. The molecule has 2 aromatic rings. The molecule has 1 atom stereocenters. The van der Waals surface area contributed by atoms with Gasteiger partial charge in [0.15, 0.2) is 11.5 Å². The Morgan fingerprint density at radius 3 is 2.77 bits per heavy atom. The minimum absolute atomic E-state index is 0.0613. The fraction of sp³-hybridized carbons (Fsp3) is 0.565. The van der Waals surface area contributed by atoms with Crippen molar-refractivity contribution in [1.82, 2.24) is 20.0 Å². The minimum atomic E-state index is -0.105. The zero-order valence-corrected chi connectivity index (χ0v) is 18.6. The largest absolute Gasteiger partial charge is 0.504 e. The molecule has 0 radical (unpaired) electrons. The molecule has 31 heavy (non-hydrogen) atoms. The normalized spacial score (nSPS) is 20.8. The van der Waals surface area contributed by atoms with Gasteiger partial charge in [-0.25, -0.2) is 0 Å². The Bertz CT molecular complexity index is 934. The molecule has 8 heteroatoms. The van der Waals surface area contributed by atoms with Crippen LogP contribution in [0, 0.1) is 6.92 Å². The smallest absolute Gasteiger partial charge is 0.269 e. The van der Waals surface area contributed by atoms with Crippen LogP contribution in [-0.2, 0) is 18.3 Å². The van der Waals surface area contributed by atoms with Crippen LogP contribution < -0.4 is 10.1 Å². The fourth-order valence-corrected chi connectivity index (χ4v) is 4.72. The predicted molar refractivity (Wildman–Crippen MR) is 116 cm³/mol. The standard InChI is InChI=1S/C23H32N4O4/c1-16-12-19(26(2)25-16)22(29)24-14-18-6-7-23(31-18)8-10-27(11-9-23)15-17-4-5-20(28)21(13-17)30-3/h4-5,12-13,18,28H,6-11,14-15H2,1-3H3,(H,24,29). The topological polar surface area (TPSA) is 88.9 Å². The molecular formula is C23H32N4O4. The van der Waals surface area contributed by atoms with Gasteiger partial charge in [0.1, 0.15) is 5.69 Å². The summed E-state index contributed by atoms with van der Waals surface area (Å²) in [7, 11) is 3.35. The minimum Gasteiger partial charge on any atom is -0.504 e. The van der Waals surface area contributed by atoms with Gasteiger partial charge >= 0.3 is 0 Å². The van der Waals surface area contributed by atoms with E-state index in [9.17, 15) is 9.90 Å². The Hall–Kier alpha value is -2.58. The molecule has 2 fully saturated rings. The maximum absolute atomic E-state index is 12.4. The lowest BCUT2D eigenvalue weighted by molar-refractivity contribution is -0.0764. The van der Waals surface area contributed by atoms with Gasteiger partial charge in [0.05, 0.1) is 24.5 Å². The first-order valence-electron chi connectivity index (χ1n) is 10.9. The number of phenolic OH excluding ortho intramolecular Hbond substituents is 1. The summed E-state index contributed by atoms with van der Waals surface area (Å²) in [5.74, 6) is 0.572. The number of rotatable bonds is 6. The van der Waals surface area contributed by atoms with Gasteiger partial charge in [-0.2, -0.15) is 5.10 Å². The highest BCUT2D eigenvalue weighted by Crippen LogP contribution is 2.39. The second kappa shape index (κ2) is 8.88. The Labute approximate surface area is 183 Å². The van der Waals surface area contributed by atoms with Crippen LogP contribution in [0.25, 0.3) is 0 Å². The van der Waals surface area contributed by atoms with Crippen LogP contribution in [0.1, 0.15) is 47.4 Å². The second-order valence-corrected chi connectivity index (χ2v) is 8.75. The number of hydrogen-bond donors (Lipinski definition) is 2. The molecule has 8 nitrogen and oxygen atoms in total. The van der Waals surface area contributed by atoms with Crippen LogP contribution in [0.2, 0.25) is 0 Å². The van der Waals surface area contributed by atoms with E-state index in [2.05, 4.69) is 15.3 Å². The van der Waals surface area contributed by atoms with Crippen molar-refractivity contribution < 1.29 is 19.4 Å². The number of nitrogens with one attached hydrogen (secondary N) is 1. The number of benzene rings is 1. The van der Waals surface area contributed by atoms with Crippen molar-refractivity contribution >= 4 is 5.91 Å². The molecule has 0 saturated carbocycles. The van der Waals surface area contributed by atoms with Gasteiger partial charge in [0, 0.05) is 33.2 Å². The van der Waals surface area contributed by atoms with Crippen LogP contribution in [0.5, 0.6) is 11.5 Å². The number of hydrogen-bond acceptors (Lipinski definition) is 6. The molecule has 1 aromatic carbocycles. The summed E-state index contributed by atoms with van der Waals surface area (Å²) in [5.41, 5.74) is 2.47. The van der Waals surface area contributed by atoms with Crippen molar-refractivity contribution in [3.8, 4) is 11.5 Å². The lowest BCUT2D eigenvalue weighted by Crippen LogP contribution is -2.44. The van der Waals surface area contributed by atoms with E-state index in [1.165, 1.54) is 0 Å². The second-order valence-electron chi connectivity index (χ2n) is 8.75. The number of aromatic hydroxyl groups is 1. The number of carbonyl (C=O) groups is 1. The molecule has 4 rings (SSSR count). The van der Waals surface area contributed by atoms with Crippen molar-refractivity contribution in [2.45, 2.75) is 50.9 Å². The molecule has 2 saturated heterocycles. The summed E-state index contributed by atoms with van der Waals surface area (Å²) in [6, 6.07) is 7.32. The molecular weight excluding hydrogens is 396 g/mol. The van der Waals surface area contributed by atoms with E-state index in [4.69, 9.17) is 9.47 Å². The summed E-state index contributed by atoms with van der Waals surface area (Å²) in [6.07, 6.45) is 4.06. The number of likely N-dealkylation sites (tertiary alicyclic amines) is 1. The van der Waals surface area contributed by atoms with E-state index in [1.807, 2.05) is 19.1 Å². The van der Waals surface area contributed by atoms with Crippen LogP contribution in [0.15, 0.2) is 24.3 Å². The molecule has 3 heterocycles. The van der Waals surface area contributed by atoms with Crippen LogP contribution >= 0.6 is 0 Å². The lowest BCUT2D eigenvalue weighted by Gasteiger charge is -2.39. The van der Waals surface area contributed by atoms with Gasteiger partial charge in [-0.15, -0.1) is 0 Å². The number of piperidine rings is 1. The summed E-state index contributed by atoms with van der Waals surface area (Å²) in [4.78, 5) is 14.8. The molecule has 1 amide bonds. The number of aromatic nitrogens is 2. The molecule has 2 N–H and O–H groups in total. The molecule has 1 aromatic heterocycles. The Morgan fingerprint density at radius 1 is 1.32 bits per heavy atom. The van der Waals surface area contributed by atoms with Crippen LogP contribution in [-0.4, -0.2) is 64.1 Å². The summed E-state index contributed by atoms with van der Waals surface area (Å²) < 4.78 is 13.3. The van der Waals surface area contributed by atoms with Gasteiger partial charge in [-0.3, -0.25) is 14.4 Å². The monoisotopic (exact) mass is 428 g/mol. The first-order valence-corrected chi connectivity index (χ1v) is 10.9. The van der Waals surface area contributed by atoms with Crippen LogP contribution in [0.4, 0.5) is 0 Å². The highest BCUT2D eigenvalue weighted by molar-refractivity contribution is 5.92. The Balaban J connectivity index is 1.25. The molecule has 2 aliphatic heterocycles. The molecule has 0 aliphatic carbocycles. The zero-order valence-electron chi connectivity index (χ0n) is 18.6.